The number of methoxy groups -OCH3 is 1. The maximum Gasteiger partial charge on any atom is 0.0682 e. The standard InChI is InChI=1S/C16H28O2/c1-14(2)10-7-9-16(4,18-5)11-6-8-15(3,17)13(11)12(10)14/h10-13,17H,6-9H2,1-5H3/t10-,11+,12-,13-,15+,16-/m0/s1. The molecule has 1 N–H and O–H groups in total. The van der Waals surface area contributed by atoms with Crippen molar-refractivity contribution in [3.63, 3.8) is 0 Å². The summed E-state index contributed by atoms with van der Waals surface area (Å²) in [7, 11) is 1.85. The molecule has 2 heteroatoms. The minimum absolute atomic E-state index is 0.0192. The van der Waals surface area contributed by atoms with Gasteiger partial charge < -0.3 is 9.84 Å². The minimum atomic E-state index is -0.481. The van der Waals surface area contributed by atoms with Crippen molar-refractivity contribution in [3.05, 3.63) is 0 Å². The van der Waals surface area contributed by atoms with Gasteiger partial charge in [-0.3, -0.25) is 0 Å². The molecule has 6 atom stereocenters. The first-order valence-corrected chi connectivity index (χ1v) is 7.51. The zero-order valence-corrected chi connectivity index (χ0v) is 12.5. The number of fused-ring (bicyclic) bond motifs is 3. The first-order chi connectivity index (χ1) is 8.24. The average Bonchev–Trinajstić information content (AvgIpc) is 2.72. The molecule has 104 valence electrons. The van der Waals surface area contributed by atoms with Crippen LogP contribution in [0.25, 0.3) is 0 Å². The highest BCUT2D eigenvalue weighted by Gasteiger charge is 2.69. The van der Waals surface area contributed by atoms with Crippen LogP contribution < -0.4 is 0 Å². The molecule has 3 rings (SSSR count). The van der Waals surface area contributed by atoms with Gasteiger partial charge in [-0.1, -0.05) is 13.8 Å². The highest BCUT2D eigenvalue weighted by Crippen LogP contribution is 2.72. The normalized spacial score (nSPS) is 57.7. The van der Waals surface area contributed by atoms with E-state index in [0.717, 1.165) is 25.2 Å². The summed E-state index contributed by atoms with van der Waals surface area (Å²) in [5.74, 6) is 2.47. The molecule has 3 fully saturated rings. The van der Waals surface area contributed by atoms with Crippen LogP contribution in [0.5, 0.6) is 0 Å². The molecule has 0 aromatic carbocycles. The molecule has 0 aromatic heterocycles. The molecule has 0 unspecified atom stereocenters. The van der Waals surface area contributed by atoms with Crippen molar-refractivity contribution in [1.82, 2.24) is 0 Å². The van der Waals surface area contributed by atoms with Crippen molar-refractivity contribution in [2.45, 2.75) is 64.6 Å². The van der Waals surface area contributed by atoms with E-state index in [9.17, 15) is 5.11 Å². The van der Waals surface area contributed by atoms with E-state index in [-0.39, 0.29) is 5.60 Å². The molecular formula is C16H28O2. The van der Waals surface area contributed by atoms with Crippen molar-refractivity contribution >= 4 is 0 Å². The molecule has 0 heterocycles. The molecule has 3 saturated carbocycles. The number of rotatable bonds is 1. The van der Waals surface area contributed by atoms with E-state index < -0.39 is 5.60 Å². The summed E-state index contributed by atoms with van der Waals surface area (Å²) in [4.78, 5) is 0. The highest BCUT2D eigenvalue weighted by atomic mass is 16.5. The Morgan fingerprint density at radius 2 is 1.56 bits per heavy atom. The third-order valence-electron chi connectivity index (χ3n) is 6.84. The lowest BCUT2D eigenvalue weighted by molar-refractivity contribution is -0.0886. The number of hydrogen-bond acceptors (Lipinski definition) is 2. The molecule has 0 aliphatic heterocycles. The summed E-state index contributed by atoms with van der Waals surface area (Å²) in [5.41, 5.74) is -0.0630. The second kappa shape index (κ2) is 3.52. The Morgan fingerprint density at radius 3 is 2.17 bits per heavy atom. The molecule has 0 saturated heterocycles. The topological polar surface area (TPSA) is 29.5 Å². The molecule has 3 aliphatic rings. The monoisotopic (exact) mass is 252 g/mol. The van der Waals surface area contributed by atoms with Gasteiger partial charge in [-0.2, -0.15) is 0 Å². The predicted molar refractivity (Wildman–Crippen MR) is 72.2 cm³/mol. The van der Waals surface area contributed by atoms with Gasteiger partial charge >= 0.3 is 0 Å². The number of aliphatic hydroxyl groups is 1. The summed E-state index contributed by atoms with van der Waals surface area (Å²) < 4.78 is 5.89. The Balaban J connectivity index is 1.99. The minimum Gasteiger partial charge on any atom is -0.390 e. The van der Waals surface area contributed by atoms with Crippen LogP contribution in [0.4, 0.5) is 0 Å². The van der Waals surface area contributed by atoms with Gasteiger partial charge in [0.1, 0.15) is 0 Å². The quantitative estimate of drug-likeness (QED) is 0.776. The summed E-state index contributed by atoms with van der Waals surface area (Å²) in [5, 5.41) is 10.8. The van der Waals surface area contributed by atoms with Crippen LogP contribution in [0.15, 0.2) is 0 Å². The molecule has 0 spiro atoms. The largest absolute Gasteiger partial charge is 0.390 e. The van der Waals surface area contributed by atoms with Crippen molar-refractivity contribution in [1.29, 1.82) is 0 Å². The maximum absolute atomic E-state index is 10.8. The van der Waals surface area contributed by atoms with Crippen LogP contribution in [-0.2, 0) is 4.74 Å². The zero-order valence-electron chi connectivity index (χ0n) is 12.5. The fourth-order valence-corrected chi connectivity index (χ4v) is 5.48. The fourth-order valence-electron chi connectivity index (χ4n) is 5.48. The van der Waals surface area contributed by atoms with Crippen LogP contribution in [0, 0.1) is 29.1 Å². The molecule has 3 aliphatic carbocycles. The molecule has 0 aromatic rings. The van der Waals surface area contributed by atoms with Gasteiger partial charge in [0.15, 0.2) is 0 Å². The van der Waals surface area contributed by atoms with Crippen LogP contribution in [-0.4, -0.2) is 23.4 Å². The average molecular weight is 252 g/mol. The van der Waals surface area contributed by atoms with Crippen molar-refractivity contribution in [2.24, 2.45) is 29.1 Å². The van der Waals surface area contributed by atoms with E-state index in [0.29, 0.717) is 23.2 Å². The second-order valence-electron chi connectivity index (χ2n) is 8.04. The number of ether oxygens (including phenoxy) is 1. The number of hydrogen-bond donors (Lipinski definition) is 1. The smallest absolute Gasteiger partial charge is 0.0682 e. The van der Waals surface area contributed by atoms with Crippen LogP contribution in [0.1, 0.15) is 53.4 Å². The van der Waals surface area contributed by atoms with Gasteiger partial charge in [0.25, 0.3) is 0 Å². The first-order valence-electron chi connectivity index (χ1n) is 7.51. The van der Waals surface area contributed by atoms with Gasteiger partial charge in [0.05, 0.1) is 11.2 Å². The Kier molecular flexibility index (Phi) is 2.53. The van der Waals surface area contributed by atoms with Gasteiger partial charge in [-0.05, 0) is 68.6 Å². The van der Waals surface area contributed by atoms with Crippen molar-refractivity contribution < 1.29 is 9.84 Å². The molecule has 18 heavy (non-hydrogen) atoms. The third kappa shape index (κ3) is 1.48. The molecule has 0 amide bonds. The van der Waals surface area contributed by atoms with Crippen LogP contribution in [0.2, 0.25) is 0 Å². The van der Waals surface area contributed by atoms with E-state index >= 15 is 0 Å². The van der Waals surface area contributed by atoms with Gasteiger partial charge in [0.2, 0.25) is 0 Å². The lowest BCUT2D eigenvalue weighted by atomic mass is 9.73. The van der Waals surface area contributed by atoms with Gasteiger partial charge in [-0.15, -0.1) is 0 Å². The van der Waals surface area contributed by atoms with E-state index in [2.05, 4.69) is 27.7 Å². The van der Waals surface area contributed by atoms with Crippen LogP contribution >= 0.6 is 0 Å². The Bertz CT molecular complexity index is 360. The fraction of sp³-hybridized carbons (Fsp3) is 1.00. The Hall–Kier alpha value is -0.0800. The predicted octanol–water partition coefficient (Wildman–Crippen LogP) is 3.23. The molecule has 0 bridgehead atoms. The van der Waals surface area contributed by atoms with E-state index in [1.165, 1.54) is 6.42 Å². The van der Waals surface area contributed by atoms with Gasteiger partial charge in [0, 0.05) is 7.11 Å². The summed E-state index contributed by atoms with van der Waals surface area (Å²) in [6.45, 7) is 9.11. The summed E-state index contributed by atoms with van der Waals surface area (Å²) in [6.07, 6.45) is 4.50. The third-order valence-corrected chi connectivity index (χ3v) is 6.84. The summed E-state index contributed by atoms with van der Waals surface area (Å²) in [6, 6.07) is 0. The molecular weight excluding hydrogens is 224 g/mol. The van der Waals surface area contributed by atoms with E-state index in [4.69, 9.17) is 4.74 Å². The molecule has 2 nitrogen and oxygen atoms in total. The zero-order chi connectivity index (χ0) is 13.3. The SMILES string of the molecule is CO[C@@]1(C)CC[C@H]2[C@@H]([C@@H]3[C@H]1CC[C@@]3(C)O)C2(C)C. The van der Waals surface area contributed by atoms with E-state index in [1.54, 1.807) is 0 Å². The first kappa shape index (κ1) is 12.9. The second-order valence-corrected chi connectivity index (χ2v) is 8.04. The van der Waals surface area contributed by atoms with Crippen molar-refractivity contribution in [3.8, 4) is 0 Å². The summed E-state index contributed by atoms with van der Waals surface area (Å²) >= 11 is 0. The molecule has 0 radical (unpaired) electrons. The lowest BCUT2D eigenvalue weighted by Crippen LogP contribution is -2.44. The maximum atomic E-state index is 10.8. The van der Waals surface area contributed by atoms with Gasteiger partial charge in [-0.25, -0.2) is 0 Å². The Morgan fingerprint density at radius 1 is 0.944 bits per heavy atom. The van der Waals surface area contributed by atoms with Crippen molar-refractivity contribution in [2.75, 3.05) is 7.11 Å². The Labute approximate surface area is 111 Å². The van der Waals surface area contributed by atoms with E-state index in [1.807, 2.05) is 7.11 Å². The highest BCUT2D eigenvalue weighted by molar-refractivity contribution is 5.18. The van der Waals surface area contributed by atoms with Crippen LogP contribution in [0.3, 0.4) is 0 Å². The lowest BCUT2D eigenvalue weighted by Gasteiger charge is -2.40.